The van der Waals surface area contributed by atoms with Gasteiger partial charge in [-0.1, -0.05) is 22.9 Å². The van der Waals surface area contributed by atoms with Crippen molar-refractivity contribution >= 4 is 9.84 Å². The van der Waals surface area contributed by atoms with Crippen LogP contribution in [0.3, 0.4) is 0 Å². The maximum atomic E-state index is 12.2. The van der Waals surface area contributed by atoms with Gasteiger partial charge in [0.1, 0.15) is 0 Å². The second-order valence-corrected chi connectivity index (χ2v) is 7.49. The largest absolute Gasteiger partial charge is 0.339 e. The Morgan fingerprint density at radius 2 is 1.95 bits per heavy atom. The van der Waals surface area contributed by atoms with Crippen LogP contribution in [0.15, 0.2) is 33.7 Å². The molecule has 0 fully saturated rings. The van der Waals surface area contributed by atoms with Gasteiger partial charge in [0.15, 0.2) is 15.7 Å². The van der Waals surface area contributed by atoms with Gasteiger partial charge in [-0.2, -0.15) is 4.98 Å². The summed E-state index contributed by atoms with van der Waals surface area (Å²) < 4.78 is 29.6. The van der Waals surface area contributed by atoms with E-state index in [0.717, 1.165) is 5.56 Å². The second kappa shape index (κ2) is 7.02. The second-order valence-electron chi connectivity index (χ2n) is 5.38. The number of hydrogen-bond acceptors (Lipinski definition) is 6. The molecule has 0 saturated heterocycles. The fraction of sp³-hybridized carbons (Fsp3) is 0.467. The van der Waals surface area contributed by atoms with Gasteiger partial charge in [0, 0.05) is 18.9 Å². The Hall–Kier alpha value is -1.73. The van der Waals surface area contributed by atoms with E-state index in [1.807, 2.05) is 20.9 Å². The van der Waals surface area contributed by atoms with Crippen molar-refractivity contribution in [3.05, 3.63) is 41.5 Å². The molecule has 1 aromatic carbocycles. The highest BCUT2D eigenvalue weighted by Crippen LogP contribution is 2.13. The molecule has 0 saturated carbocycles. The minimum atomic E-state index is -3.33. The molecule has 22 heavy (non-hydrogen) atoms. The predicted molar refractivity (Wildman–Crippen MR) is 83.5 cm³/mol. The van der Waals surface area contributed by atoms with Crippen molar-refractivity contribution in [2.24, 2.45) is 0 Å². The molecule has 0 amide bonds. The lowest BCUT2D eigenvalue weighted by atomic mass is 10.2. The smallest absolute Gasteiger partial charge is 0.227 e. The van der Waals surface area contributed by atoms with Crippen LogP contribution in [0.25, 0.3) is 0 Å². The van der Waals surface area contributed by atoms with E-state index in [0.29, 0.717) is 23.0 Å². The first-order valence-electron chi connectivity index (χ1n) is 7.19. The van der Waals surface area contributed by atoms with E-state index < -0.39 is 9.84 Å². The number of nitrogens with one attached hydrogen (secondary N) is 1. The van der Waals surface area contributed by atoms with Crippen molar-refractivity contribution in [1.82, 2.24) is 15.5 Å². The van der Waals surface area contributed by atoms with E-state index in [2.05, 4.69) is 15.5 Å². The Morgan fingerprint density at radius 1 is 1.27 bits per heavy atom. The van der Waals surface area contributed by atoms with Crippen molar-refractivity contribution in [2.45, 2.75) is 37.6 Å². The maximum Gasteiger partial charge on any atom is 0.227 e. The first-order valence-corrected chi connectivity index (χ1v) is 8.84. The Kier molecular flexibility index (Phi) is 5.31. The molecule has 6 nitrogen and oxygen atoms in total. The van der Waals surface area contributed by atoms with Crippen molar-refractivity contribution in [3.63, 3.8) is 0 Å². The quantitative estimate of drug-likeness (QED) is 0.832. The molecule has 0 bridgehead atoms. The minimum Gasteiger partial charge on any atom is -0.339 e. The molecule has 2 rings (SSSR count). The molecular weight excluding hydrogens is 302 g/mol. The van der Waals surface area contributed by atoms with Gasteiger partial charge in [-0.3, -0.25) is 0 Å². The Balaban J connectivity index is 1.99. The Labute approximate surface area is 130 Å². The van der Waals surface area contributed by atoms with Gasteiger partial charge >= 0.3 is 0 Å². The number of aryl methyl sites for hydroxylation is 2. The van der Waals surface area contributed by atoms with E-state index in [1.165, 1.54) is 0 Å². The van der Waals surface area contributed by atoms with Crippen molar-refractivity contribution < 1.29 is 12.9 Å². The van der Waals surface area contributed by atoms with Crippen molar-refractivity contribution in [1.29, 1.82) is 0 Å². The van der Waals surface area contributed by atoms with E-state index in [4.69, 9.17) is 4.52 Å². The van der Waals surface area contributed by atoms with Gasteiger partial charge in [-0.05, 0) is 33.0 Å². The molecule has 1 N–H and O–H groups in total. The van der Waals surface area contributed by atoms with E-state index in [-0.39, 0.29) is 18.2 Å². The third-order valence-electron chi connectivity index (χ3n) is 3.46. The molecular formula is C15H21N3O3S. The summed E-state index contributed by atoms with van der Waals surface area (Å²) in [7, 11) is -1.47. The van der Waals surface area contributed by atoms with Crippen LogP contribution in [0, 0.1) is 6.92 Å². The van der Waals surface area contributed by atoms with Crippen LogP contribution < -0.4 is 5.32 Å². The van der Waals surface area contributed by atoms with E-state index in [1.54, 1.807) is 24.3 Å². The number of sulfone groups is 1. The van der Waals surface area contributed by atoms with E-state index >= 15 is 0 Å². The Bertz CT molecular complexity index is 708. The average molecular weight is 323 g/mol. The molecule has 1 unspecified atom stereocenters. The molecule has 1 aromatic heterocycles. The normalized spacial score (nSPS) is 13.2. The zero-order chi connectivity index (χ0) is 16.2. The molecule has 0 aliphatic rings. The summed E-state index contributed by atoms with van der Waals surface area (Å²) >= 11 is 0. The van der Waals surface area contributed by atoms with Gasteiger partial charge < -0.3 is 9.84 Å². The first kappa shape index (κ1) is 16.6. The molecule has 1 heterocycles. The van der Waals surface area contributed by atoms with Crippen LogP contribution in [0.4, 0.5) is 0 Å². The van der Waals surface area contributed by atoms with Crippen LogP contribution in [0.5, 0.6) is 0 Å². The number of rotatable bonds is 7. The highest BCUT2D eigenvalue weighted by molar-refractivity contribution is 7.91. The first-order chi connectivity index (χ1) is 10.4. The van der Waals surface area contributed by atoms with Crippen LogP contribution in [-0.4, -0.2) is 37.4 Å². The number of aromatic nitrogens is 2. The van der Waals surface area contributed by atoms with Crippen LogP contribution >= 0.6 is 0 Å². The lowest BCUT2D eigenvalue weighted by Gasteiger charge is -2.04. The third kappa shape index (κ3) is 4.38. The summed E-state index contributed by atoms with van der Waals surface area (Å²) in [5.41, 5.74) is 1.03. The number of likely N-dealkylation sites (N-methyl/N-ethyl adjacent to an activating group) is 1. The summed E-state index contributed by atoms with van der Waals surface area (Å²) in [6.07, 6.45) is 0.863. The summed E-state index contributed by atoms with van der Waals surface area (Å²) in [6.45, 7) is 3.93. The minimum absolute atomic E-state index is 0.0424. The van der Waals surface area contributed by atoms with Crippen molar-refractivity contribution in [2.75, 3.05) is 12.8 Å². The standard InChI is InChI=1S/C15H21N3O3S/c1-11-4-6-13(7-5-11)22(19,20)9-8-15-17-14(18-21-15)10-12(2)16-3/h4-7,12,16H,8-10H2,1-3H3. The Morgan fingerprint density at radius 3 is 2.59 bits per heavy atom. The molecule has 2 aromatic rings. The monoisotopic (exact) mass is 323 g/mol. The van der Waals surface area contributed by atoms with E-state index in [9.17, 15) is 8.42 Å². The van der Waals surface area contributed by atoms with Gasteiger partial charge in [0.05, 0.1) is 10.6 Å². The summed E-state index contributed by atoms with van der Waals surface area (Å²) in [5, 5.41) is 6.96. The number of nitrogens with zero attached hydrogens (tertiary/aromatic N) is 2. The SMILES string of the molecule is CNC(C)Cc1noc(CCS(=O)(=O)c2ccc(C)cc2)n1. The summed E-state index contributed by atoms with van der Waals surface area (Å²) in [6, 6.07) is 7.06. The molecule has 120 valence electrons. The van der Waals surface area contributed by atoms with Crippen LogP contribution in [-0.2, 0) is 22.7 Å². The highest BCUT2D eigenvalue weighted by atomic mass is 32.2. The van der Waals surface area contributed by atoms with Crippen molar-refractivity contribution in [3.8, 4) is 0 Å². The molecule has 0 aliphatic carbocycles. The summed E-state index contributed by atoms with van der Waals surface area (Å²) in [5.74, 6) is 0.901. The maximum absolute atomic E-state index is 12.2. The van der Waals surface area contributed by atoms with Crippen LogP contribution in [0.1, 0.15) is 24.2 Å². The predicted octanol–water partition coefficient (Wildman–Crippen LogP) is 1.54. The zero-order valence-electron chi connectivity index (χ0n) is 13.0. The summed E-state index contributed by atoms with van der Waals surface area (Å²) in [4.78, 5) is 4.55. The van der Waals surface area contributed by atoms with Gasteiger partial charge in [0.25, 0.3) is 0 Å². The molecule has 1 atom stereocenters. The number of benzene rings is 1. The zero-order valence-corrected chi connectivity index (χ0v) is 13.9. The lowest BCUT2D eigenvalue weighted by Crippen LogP contribution is -2.24. The molecule has 0 aliphatic heterocycles. The van der Waals surface area contributed by atoms with Gasteiger partial charge in [-0.25, -0.2) is 8.42 Å². The van der Waals surface area contributed by atoms with Gasteiger partial charge in [-0.15, -0.1) is 0 Å². The average Bonchev–Trinajstić information content (AvgIpc) is 2.93. The highest BCUT2D eigenvalue weighted by Gasteiger charge is 2.17. The number of hydrogen-bond donors (Lipinski definition) is 1. The topological polar surface area (TPSA) is 85.1 Å². The van der Waals surface area contributed by atoms with Gasteiger partial charge in [0.2, 0.25) is 5.89 Å². The molecule has 0 radical (unpaired) electrons. The fourth-order valence-corrected chi connectivity index (χ4v) is 3.17. The molecule has 7 heteroatoms. The third-order valence-corrected chi connectivity index (χ3v) is 5.19. The lowest BCUT2D eigenvalue weighted by molar-refractivity contribution is 0.374. The fourth-order valence-electron chi connectivity index (χ4n) is 1.94. The van der Waals surface area contributed by atoms with Crippen LogP contribution in [0.2, 0.25) is 0 Å². The molecule has 0 spiro atoms.